The van der Waals surface area contributed by atoms with Gasteiger partial charge in [0.25, 0.3) is 5.91 Å². The number of amides is 3. The summed E-state index contributed by atoms with van der Waals surface area (Å²) in [7, 11) is 1.45. The Labute approximate surface area is 164 Å². The highest BCUT2D eigenvalue weighted by Crippen LogP contribution is 2.34. The van der Waals surface area contributed by atoms with Crippen molar-refractivity contribution in [3.63, 3.8) is 0 Å². The first kappa shape index (κ1) is 20.2. The van der Waals surface area contributed by atoms with Crippen molar-refractivity contribution in [3.8, 4) is 5.75 Å². The van der Waals surface area contributed by atoms with Crippen LogP contribution in [0.3, 0.4) is 0 Å². The van der Waals surface area contributed by atoms with Gasteiger partial charge in [0.1, 0.15) is 5.75 Å². The van der Waals surface area contributed by atoms with E-state index in [0.717, 1.165) is 12.1 Å². The number of nitrogens with one attached hydrogen (secondary N) is 3. The zero-order valence-corrected chi connectivity index (χ0v) is 15.6. The molecule has 0 saturated heterocycles. The summed E-state index contributed by atoms with van der Waals surface area (Å²) < 4.78 is 44.5. The summed E-state index contributed by atoms with van der Waals surface area (Å²) in [4.78, 5) is 24.9. The van der Waals surface area contributed by atoms with Crippen molar-refractivity contribution in [2.24, 2.45) is 0 Å². The van der Waals surface area contributed by atoms with Gasteiger partial charge in [0, 0.05) is 5.70 Å². The van der Waals surface area contributed by atoms with Crippen LogP contribution in [-0.2, 0) is 11.0 Å². The van der Waals surface area contributed by atoms with Crippen molar-refractivity contribution in [3.05, 3.63) is 70.9 Å². The number of hydrogen-bond acceptors (Lipinski definition) is 3. The average molecular weight is 405 g/mol. The first-order valence-corrected chi connectivity index (χ1v) is 8.60. The molecule has 3 N–H and O–H groups in total. The number of anilines is 1. The molecule has 0 saturated carbocycles. The minimum absolute atomic E-state index is 0.0924. The molecular weight excluding hydrogens is 387 g/mol. The molecule has 9 heteroatoms. The lowest BCUT2D eigenvalue weighted by molar-refractivity contribution is -0.137. The Kier molecular flexibility index (Phi) is 5.49. The molecule has 1 atom stereocenters. The lowest BCUT2D eigenvalue weighted by atomic mass is 9.93. The molecule has 3 rings (SSSR count). The molecule has 6 nitrogen and oxygen atoms in total. The topological polar surface area (TPSA) is 79.5 Å². The predicted molar refractivity (Wildman–Crippen MR) is 100 cm³/mol. The van der Waals surface area contributed by atoms with Gasteiger partial charge in [-0.2, -0.15) is 13.2 Å². The van der Waals surface area contributed by atoms with Crippen LogP contribution < -0.4 is 20.7 Å². The van der Waals surface area contributed by atoms with E-state index in [4.69, 9.17) is 4.74 Å². The van der Waals surface area contributed by atoms with E-state index in [1.165, 1.54) is 26.2 Å². The molecule has 0 aliphatic carbocycles. The van der Waals surface area contributed by atoms with E-state index in [1.54, 1.807) is 24.3 Å². The van der Waals surface area contributed by atoms with Crippen molar-refractivity contribution in [1.82, 2.24) is 10.6 Å². The molecule has 29 heavy (non-hydrogen) atoms. The van der Waals surface area contributed by atoms with E-state index < -0.39 is 29.7 Å². The summed E-state index contributed by atoms with van der Waals surface area (Å²) in [6.45, 7) is 1.51. The molecule has 2 aromatic carbocycles. The fourth-order valence-electron chi connectivity index (χ4n) is 3.08. The van der Waals surface area contributed by atoms with Crippen LogP contribution in [-0.4, -0.2) is 19.0 Å². The summed E-state index contributed by atoms with van der Waals surface area (Å²) in [5, 5.41) is 7.69. The van der Waals surface area contributed by atoms with Crippen molar-refractivity contribution < 1.29 is 27.5 Å². The average Bonchev–Trinajstić information content (AvgIpc) is 2.67. The van der Waals surface area contributed by atoms with Gasteiger partial charge in [-0.3, -0.25) is 4.79 Å². The van der Waals surface area contributed by atoms with Crippen LogP contribution in [0.25, 0.3) is 0 Å². The maximum atomic E-state index is 13.1. The number of alkyl halides is 3. The number of carbonyl (C=O) groups excluding carboxylic acids is 2. The zero-order valence-electron chi connectivity index (χ0n) is 15.6. The number of rotatable bonds is 4. The van der Waals surface area contributed by atoms with Gasteiger partial charge in [-0.05, 0) is 36.8 Å². The Morgan fingerprint density at radius 3 is 2.55 bits per heavy atom. The van der Waals surface area contributed by atoms with E-state index in [1.807, 2.05) is 0 Å². The van der Waals surface area contributed by atoms with Crippen LogP contribution in [0, 0.1) is 0 Å². The molecule has 152 valence electrons. The molecule has 0 radical (unpaired) electrons. The number of para-hydroxylation sites is 2. The maximum Gasteiger partial charge on any atom is 0.416 e. The first-order chi connectivity index (χ1) is 13.7. The molecule has 0 unspecified atom stereocenters. The molecule has 0 spiro atoms. The maximum absolute atomic E-state index is 13.1. The number of halogens is 3. The van der Waals surface area contributed by atoms with Gasteiger partial charge >= 0.3 is 12.2 Å². The van der Waals surface area contributed by atoms with Crippen molar-refractivity contribution in [2.75, 3.05) is 12.4 Å². The smallest absolute Gasteiger partial charge is 0.416 e. The Morgan fingerprint density at radius 2 is 1.86 bits per heavy atom. The molecule has 1 aliphatic heterocycles. The number of methoxy groups -OCH3 is 1. The highest BCUT2D eigenvalue weighted by Gasteiger charge is 2.35. The number of ether oxygens (including phenoxy) is 1. The minimum atomic E-state index is -4.55. The van der Waals surface area contributed by atoms with Crippen LogP contribution >= 0.6 is 0 Å². The van der Waals surface area contributed by atoms with Gasteiger partial charge < -0.3 is 20.7 Å². The van der Waals surface area contributed by atoms with E-state index in [9.17, 15) is 22.8 Å². The normalized spacial score (nSPS) is 16.7. The van der Waals surface area contributed by atoms with Gasteiger partial charge in [0.05, 0.1) is 30.0 Å². The second kappa shape index (κ2) is 7.86. The van der Waals surface area contributed by atoms with Gasteiger partial charge in [-0.15, -0.1) is 0 Å². The Hall–Kier alpha value is -3.49. The number of allylic oxidation sites excluding steroid dienone is 1. The highest BCUT2D eigenvalue weighted by atomic mass is 19.4. The lowest BCUT2D eigenvalue weighted by Crippen LogP contribution is -2.46. The molecule has 1 aliphatic rings. The largest absolute Gasteiger partial charge is 0.495 e. The van der Waals surface area contributed by atoms with Crippen LogP contribution in [0.1, 0.15) is 24.1 Å². The molecule has 0 fully saturated rings. The second-order valence-electron chi connectivity index (χ2n) is 6.35. The first-order valence-electron chi connectivity index (χ1n) is 8.60. The van der Waals surface area contributed by atoms with Crippen molar-refractivity contribution in [2.45, 2.75) is 19.1 Å². The van der Waals surface area contributed by atoms with E-state index >= 15 is 0 Å². The monoisotopic (exact) mass is 405 g/mol. The molecule has 0 bridgehead atoms. The summed E-state index contributed by atoms with van der Waals surface area (Å²) in [5.74, 6) is -0.163. The standard InChI is InChI=1S/C20H18F3N3O3/c1-11-16(18(27)25-14-8-3-4-9-15(14)29-2)17(26-19(28)24-11)12-6-5-7-13(10-12)20(21,22)23/h3-10,17H,1-2H3,(H,25,27)(H2,24,26,28)/t17-/m0/s1. The third-order valence-electron chi connectivity index (χ3n) is 4.42. The summed E-state index contributed by atoms with van der Waals surface area (Å²) in [6.07, 6.45) is -4.55. The summed E-state index contributed by atoms with van der Waals surface area (Å²) in [5.41, 5.74) is -0.0116. The predicted octanol–water partition coefficient (Wildman–Crippen LogP) is 3.98. The number of benzene rings is 2. The Bertz CT molecular complexity index is 986. The van der Waals surface area contributed by atoms with Crippen LogP contribution in [0.15, 0.2) is 59.8 Å². The fraction of sp³-hybridized carbons (Fsp3) is 0.200. The van der Waals surface area contributed by atoms with Gasteiger partial charge in [-0.25, -0.2) is 4.79 Å². The molecule has 0 aromatic heterocycles. The minimum Gasteiger partial charge on any atom is -0.495 e. The second-order valence-corrected chi connectivity index (χ2v) is 6.35. The SMILES string of the molecule is COc1ccccc1NC(=O)C1=C(C)NC(=O)N[C@H]1c1cccc(C(F)(F)F)c1. The van der Waals surface area contributed by atoms with Gasteiger partial charge in [0.15, 0.2) is 0 Å². The number of carbonyl (C=O) groups is 2. The number of hydrogen-bond donors (Lipinski definition) is 3. The zero-order chi connectivity index (χ0) is 21.2. The number of urea groups is 1. The summed E-state index contributed by atoms with van der Waals surface area (Å²) >= 11 is 0. The summed E-state index contributed by atoms with van der Waals surface area (Å²) in [6, 6.07) is 9.55. The van der Waals surface area contributed by atoms with Crippen molar-refractivity contribution >= 4 is 17.6 Å². The van der Waals surface area contributed by atoms with Gasteiger partial charge in [0.2, 0.25) is 0 Å². The lowest BCUT2D eigenvalue weighted by Gasteiger charge is -2.29. The van der Waals surface area contributed by atoms with E-state index in [2.05, 4.69) is 16.0 Å². The highest BCUT2D eigenvalue weighted by molar-refractivity contribution is 6.07. The van der Waals surface area contributed by atoms with Crippen LogP contribution in [0.2, 0.25) is 0 Å². The molecular formula is C20H18F3N3O3. The Balaban J connectivity index is 1.99. The van der Waals surface area contributed by atoms with E-state index in [0.29, 0.717) is 11.4 Å². The van der Waals surface area contributed by atoms with Crippen LogP contribution in [0.4, 0.5) is 23.7 Å². The third-order valence-corrected chi connectivity index (χ3v) is 4.42. The third kappa shape index (κ3) is 4.34. The quantitative estimate of drug-likeness (QED) is 0.720. The molecule has 2 aromatic rings. The van der Waals surface area contributed by atoms with Gasteiger partial charge in [-0.1, -0.05) is 24.3 Å². The van der Waals surface area contributed by atoms with Crippen LogP contribution in [0.5, 0.6) is 5.75 Å². The van der Waals surface area contributed by atoms with Crippen molar-refractivity contribution in [1.29, 1.82) is 0 Å². The Morgan fingerprint density at radius 1 is 1.14 bits per heavy atom. The fourth-order valence-corrected chi connectivity index (χ4v) is 3.08. The molecule has 3 amide bonds. The molecule has 1 heterocycles. The van der Waals surface area contributed by atoms with E-state index in [-0.39, 0.29) is 16.8 Å².